The number of hydrogen-bond donors (Lipinski definition) is 2. The van der Waals surface area contributed by atoms with Gasteiger partial charge in [0.05, 0.1) is 6.61 Å². The third-order valence-electron chi connectivity index (χ3n) is 4.35. The van der Waals surface area contributed by atoms with E-state index in [1.54, 1.807) is 0 Å². The highest BCUT2D eigenvalue weighted by atomic mass is 16.3. The second kappa shape index (κ2) is 6.72. The van der Waals surface area contributed by atoms with Gasteiger partial charge < -0.3 is 15.3 Å². The molecule has 3 nitrogen and oxygen atoms in total. The van der Waals surface area contributed by atoms with Crippen LogP contribution < -0.4 is 5.32 Å². The van der Waals surface area contributed by atoms with E-state index in [9.17, 15) is 5.11 Å². The molecule has 1 fully saturated rings. The third kappa shape index (κ3) is 4.57. The van der Waals surface area contributed by atoms with E-state index in [1.165, 1.54) is 19.5 Å². The Morgan fingerprint density at radius 1 is 1.35 bits per heavy atom. The third-order valence-corrected chi connectivity index (χ3v) is 4.35. The molecule has 0 aromatic rings. The molecule has 0 aliphatic carbocycles. The van der Waals surface area contributed by atoms with Gasteiger partial charge in [-0.1, -0.05) is 20.8 Å². The van der Waals surface area contributed by atoms with Gasteiger partial charge in [-0.2, -0.15) is 0 Å². The molecule has 102 valence electrons. The summed E-state index contributed by atoms with van der Waals surface area (Å²) in [5.74, 6) is 1.67. The van der Waals surface area contributed by atoms with Gasteiger partial charge in [-0.15, -0.1) is 0 Å². The minimum atomic E-state index is -0.110. The molecule has 0 bridgehead atoms. The van der Waals surface area contributed by atoms with Crippen LogP contribution >= 0.6 is 0 Å². The summed E-state index contributed by atoms with van der Waals surface area (Å²) in [5, 5.41) is 12.9. The average molecular weight is 242 g/mol. The summed E-state index contributed by atoms with van der Waals surface area (Å²) in [7, 11) is 0. The summed E-state index contributed by atoms with van der Waals surface area (Å²) in [6, 6.07) is 0. The van der Waals surface area contributed by atoms with Gasteiger partial charge in [0, 0.05) is 12.1 Å². The van der Waals surface area contributed by atoms with Gasteiger partial charge in [-0.25, -0.2) is 0 Å². The van der Waals surface area contributed by atoms with Gasteiger partial charge in [0.25, 0.3) is 0 Å². The van der Waals surface area contributed by atoms with Crippen molar-refractivity contribution in [3.63, 3.8) is 0 Å². The lowest BCUT2D eigenvalue weighted by Gasteiger charge is -2.37. The molecule has 1 rings (SSSR count). The standard InChI is InChI=1S/C14H30N2O/c1-5-15-14(4,11-17)7-9-16-8-6-12(2)13(3)10-16/h12-13,15,17H,5-11H2,1-4H3. The lowest BCUT2D eigenvalue weighted by atomic mass is 9.88. The molecular weight excluding hydrogens is 212 g/mol. The van der Waals surface area contributed by atoms with E-state index < -0.39 is 0 Å². The molecule has 3 heteroatoms. The van der Waals surface area contributed by atoms with Crippen molar-refractivity contribution in [1.82, 2.24) is 10.2 Å². The molecule has 1 aliphatic rings. The van der Waals surface area contributed by atoms with Crippen LogP contribution in [0.5, 0.6) is 0 Å². The number of aliphatic hydroxyl groups is 1. The van der Waals surface area contributed by atoms with Crippen LogP contribution in [-0.4, -0.2) is 48.3 Å². The van der Waals surface area contributed by atoms with Crippen molar-refractivity contribution in [2.24, 2.45) is 11.8 Å². The first-order chi connectivity index (χ1) is 8.00. The number of nitrogens with one attached hydrogen (secondary N) is 1. The molecule has 1 saturated heterocycles. The van der Waals surface area contributed by atoms with Gasteiger partial charge in [-0.05, 0) is 51.2 Å². The van der Waals surface area contributed by atoms with Gasteiger partial charge in [0.1, 0.15) is 0 Å². The van der Waals surface area contributed by atoms with E-state index >= 15 is 0 Å². The van der Waals surface area contributed by atoms with Crippen molar-refractivity contribution < 1.29 is 5.11 Å². The largest absolute Gasteiger partial charge is 0.394 e. The van der Waals surface area contributed by atoms with Gasteiger partial charge >= 0.3 is 0 Å². The predicted octanol–water partition coefficient (Wildman–Crippen LogP) is 1.71. The summed E-state index contributed by atoms with van der Waals surface area (Å²) in [6.07, 6.45) is 2.34. The number of likely N-dealkylation sites (tertiary alicyclic amines) is 1. The van der Waals surface area contributed by atoms with Crippen LogP contribution in [0, 0.1) is 11.8 Å². The molecule has 0 amide bonds. The highest BCUT2D eigenvalue weighted by molar-refractivity contribution is 4.84. The van der Waals surface area contributed by atoms with E-state index in [4.69, 9.17) is 0 Å². The summed E-state index contributed by atoms with van der Waals surface area (Å²) < 4.78 is 0. The summed E-state index contributed by atoms with van der Waals surface area (Å²) >= 11 is 0. The lowest BCUT2D eigenvalue weighted by molar-refractivity contribution is 0.107. The number of piperidine rings is 1. The molecule has 0 saturated carbocycles. The summed E-state index contributed by atoms with van der Waals surface area (Å²) in [5.41, 5.74) is -0.110. The van der Waals surface area contributed by atoms with Crippen molar-refractivity contribution in [2.75, 3.05) is 32.8 Å². The molecule has 2 N–H and O–H groups in total. The van der Waals surface area contributed by atoms with Gasteiger partial charge in [0.2, 0.25) is 0 Å². The van der Waals surface area contributed by atoms with Crippen molar-refractivity contribution in [3.05, 3.63) is 0 Å². The molecule has 0 spiro atoms. The number of nitrogens with zero attached hydrogens (tertiary/aromatic N) is 1. The van der Waals surface area contributed by atoms with Crippen molar-refractivity contribution in [3.8, 4) is 0 Å². The fraction of sp³-hybridized carbons (Fsp3) is 1.00. The highest BCUT2D eigenvalue weighted by Gasteiger charge is 2.26. The maximum absolute atomic E-state index is 9.46. The molecule has 17 heavy (non-hydrogen) atoms. The number of hydrogen-bond acceptors (Lipinski definition) is 3. The monoisotopic (exact) mass is 242 g/mol. The maximum atomic E-state index is 9.46. The Morgan fingerprint density at radius 3 is 2.59 bits per heavy atom. The zero-order valence-corrected chi connectivity index (χ0v) is 12.0. The Bertz CT molecular complexity index is 222. The average Bonchev–Trinajstić information content (AvgIpc) is 2.31. The molecule has 0 radical (unpaired) electrons. The highest BCUT2D eigenvalue weighted by Crippen LogP contribution is 2.23. The second-order valence-corrected chi connectivity index (χ2v) is 6.04. The SMILES string of the molecule is CCNC(C)(CO)CCN1CCC(C)C(C)C1. The number of likely N-dealkylation sites (N-methyl/N-ethyl adjacent to an activating group) is 1. The first kappa shape index (κ1) is 14.9. The van der Waals surface area contributed by atoms with Crippen molar-refractivity contribution in [1.29, 1.82) is 0 Å². The fourth-order valence-corrected chi connectivity index (χ4v) is 2.61. The topological polar surface area (TPSA) is 35.5 Å². The van der Waals surface area contributed by atoms with Crippen molar-refractivity contribution >= 4 is 0 Å². The van der Waals surface area contributed by atoms with Crippen LogP contribution in [0.2, 0.25) is 0 Å². The van der Waals surface area contributed by atoms with E-state index in [-0.39, 0.29) is 12.1 Å². The number of aliphatic hydroxyl groups excluding tert-OH is 1. The maximum Gasteiger partial charge on any atom is 0.0611 e. The molecule has 0 aromatic carbocycles. The van der Waals surface area contributed by atoms with Crippen LogP contribution in [0.1, 0.15) is 40.5 Å². The van der Waals surface area contributed by atoms with Crippen molar-refractivity contribution in [2.45, 2.75) is 46.1 Å². The Hall–Kier alpha value is -0.120. The second-order valence-electron chi connectivity index (χ2n) is 6.04. The molecule has 3 unspecified atom stereocenters. The minimum absolute atomic E-state index is 0.110. The summed E-state index contributed by atoms with van der Waals surface area (Å²) in [6.45, 7) is 13.6. The fourth-order valence-electron chi connectivity index (χ4n) is 2.61. The predicted molar refractivity (Wildman–Crippen MR) is 73.2 cm³/mol. The van der Waals surface area contributed by atoms with Crippen LogP contribution in [0.4, 0.5) is 0 Å². The van der Waals surface area contributed by atoms with E-state index in [1.807, 2.05) is 0 Å². The Kier molecular flexibility index (Phi) is 5.90. The molecule has 1 aliphatic heterocycles. The summed E-state index contributed by atoms with van der Waals surface area (Å²) in [4.78, 5) is 2.55. The van der Waals surface area contributed by atoms with Gasteiger partial charge in [-0.3, -0.25) is 0 Å². The zero-order valence-electron chi connectivity index (χ0n) is 12.0. The molecule has 3 atom stereocenters. The molecule has 0 aromatic heterocycles. The van der Waals surface area contributed by atoms with E-state index in [0.717, 1.165) is 31.3 Å². The molecule has 1 heterocycles. The van der Waals surface area contributed by atoms with E-state index in [2.05, 4.69) is 37.9 Å². The van der Waals surface area contributed by atoms with Crippen LogP contribution in [-0.2, 0) is 0 Å². The minimum Gasteiger partial charge on any atom is -0.394 e. The lowest BCUT2D eigenvalue weighted by Crippen LogP contribution is -2.49. The Balaban J connectivity index is 2.34. The molecular formula is C14H30N2O. The van der Waals surface area contributed by atoms with Crippen LogP contribution in [0.25, 0.3) is 0 Å². The normalized spacial score (nSPS) is 30.2. The number of rotatable bonds is 6. The van der Waals surface area contributed by atoms with Crippen LogP contribution in [0.15, 0.2) is 0 Å². The van der Waals surface area contributed by atoms with Crippen LogP contribution in [0.3, 0.4) is 0 Å². The van der Waals surface area contributed by atoms with Gasteiger partial charge in [0.15, 0.2) is 0 Å². The zero-order chi connectivity index (χ0) is 12.9. The quantitative estimate of drug-likeness (QED) is 0.744. The Labute approximate surface area is 107 Å². The van der Waals surface area contributed by atoms with E-state index in [0.29, 0.717) is 0 Å². The smallest absolute Gasteiger partial charge is 0.0611 e. The first-order valence-corrected chi connectivity index (χ1v) is 7.09. The first-order valence-electron chi connectivity index (χ1n) is 7.09. The Morgan fingerprint density at radius 2 is 2.06 bits per heavy atom.